The van der Waals surface area contributed by atoms with Crippen LogP contribution in [-0.4, -0.2) is 51.2 Å². The van der Waals surface area contributed by atoms with Crippen molar-refractivity contribution in [3.8, 4) is 0 Å². The fraction of sp³-hybridized carbons (Fsp3) is 0.462. The van der Waals surface area contributed by atoms with Gasteiger partial charge in [0, 0.05) is 47.8 Å². The number of likely N-dealkylation sites (tertiary alicyclic amines) is 1. The van der Waals surface area contributed by atoms with Gasteiger partial charge in [-0.2, -0.15) is 5.10 Å². The minimum absolute atomic E-state index is 0.0676. The van der Waals surface area contributed by atoms with Crippen molar-refractivity contribution in [3.05, 3.63) is 70.3 Å². The van der Waals surface area contributed by atoms with Crippen LogP contribution in [0.25, 0.3) is 10.9 Å². The molecule has 174 valence electrons. The molecule has 0 spiro atoms. The van der Waals surface area contributed by atoms with Crippen LogP contribution in [0.2, 0.25) is 0 Å². The number of piperidine rings is 1. The van der Waals surface area contributed by atoms with Crippen molar-refractivity contribution >= 4 is 16.8 Å². The summed E-state index contributed by atoms with van der Waals surface area (Å²) in [6.45, 7) is 9.14. The molecule has 0 aliphatic carbocycles. The summed E-state index contributed by atoms with van der Waals surface area (Å²) in [4.78, 5) is 31.8. The molecule has 1 saturated heterocycles. The van der Waals surface area contributed by atoms with Crippen molar-refractivity contribution in [1.82, 2.24) is 25.0 Å². The first-order chi connectivity index (χ1) is 15.8. The van der Waals surface area contributed by atoms with Crippen LogP contribution in [0.1, 0.15) is 56.1 Å². The molecule has 3 aromatic rings. The molecule has 7 nitrogen and oxygen atoms in total. The Bertz CT molecular complexity index is 1180. The van der Waals surface area contributed by atoms with Gasteiger partial charge in [0.25, 0.3) is 11.5 Å². The number of hydrogen-bond donors (Lipinski definition) is 1. The summed E-state index contributed by atoms with van der Waals surface area (Å²) in [5.41, 5.74) is 2.26. The molecule has 1 fully saturated rings. The number of carbonyl (C=O) groups is 1. The van der Waals surface area contributed by atoms with Crippen molar-refractivity contribution < 1.29 is 4.79 Å². The average Bonchev–Trinajstić information content (AvgIpc) is 2.81. The maximum Gasteiger partial charge on any atom is 0.266 e. The Balaban J connectivity index is 1.38. The number of amides is 1. The highest BCUT2D eigenvalue weighted by Gasteiger charge is 2.23. The maximum absolute atomic E-state index is 12.8. The Kier molecular flexibility index (Phi) is 6.88. The van der Waals surface area contributed by atoms with Crippen molar-refractivity contribution in [2.75, 3.05) is 19.6 Å². The topological polar surface area (TPSA) is 80.1 Å². The van der Waals surface area contributed by atoms with Crippen LogP contribution < -0.4 is 10.9 Å². The molecule has 1 aromatic carbocycles. The number of aromatic nitrogens is 3. The van der Waals surface area contributed by atoms with Crippen LogP contribution in [0.3, 0.4) is 0 Å². The second-order valence-electron chi connectivity index (χ2n) is 9.84. The van der Waals surface area contributed by atoms with Gasteiger partial charge in [0.05, 0.1) is 17.8 Å². The second kappa shape index (κ2) is 9.83. The van der Waals surface area contributed by atoms with E-state index in [0.29, 0.717) is 18.7 Å². The average molecular weight is 448 g/mol. The van der Waals surface area contributed by atoms with Crippen LogP contribution in [0.4, 0.5) is 0 Å². The Labute approximate surface area is 194 Å². The number of benzene rings is 1. The number of pyridine rings is 1. The molecule has 0 bridgehead atoms. The van der Waals surface area contributed by atoms with Gasteiger partial charge in [0.15, 0.2) is 0 Å². The Morgan fingerprint density at radius 3 is 2.79 bits per heavy atom. The quantitative estimate of drug-likeness (QED) is 0.627. The van der Waals surface area contributed by atoms with E-state index >= 15 is 0 Å². The number of carbonyl (C=O) groups excluding carboxylic acids is 1. The highest BCUT2D eigenvalue weighted by Crippen LogP contribution is 2.19. The van der Waals surface area contributed by atoms with Gasteiger partial charge in [-0.05, 0) is 49.7 Å². The summed E-state index contributed by atoms with van der Waals surface area (Å²) in [7, 11) is 0. The van der Waals surface area contributed by atoms with E-state index in [1.807, 2.05) is 36.4 Å². The first kappa shape index (κ1) is 23.1. The summed E-state index contributed by atoms with van der Waals surface area (Å²) in [5.74, 6) is -0.0676. The maximum atomic E-state index is 12.8. The molecule has 1 amide bonds. The zero-order valence-electron chi connectivity index (χ0n) is 19.8. The van der Waals surface area contributed by atoms with Crippen LogP contribution in [-0.2, 0) is 12.0 Å². The molecule has 0 radical (unpaired) electrons. The number of rotatable bonds is 6. The number of nitrogens with one attached hydrogen (secondary N) is 1. The van der Waals surface area contributed by atoms with Crippen LogP contribution in [0, 0.1) is 0 Å². The smallest absolute Gasteiger partial charge is 0.266 e. The van der Waals surface area contributed by atoms with Crippen molar-refractivity contribution in [2.45, 2.75) is 58.0 Å². The lowest BCUT2D eigenvalue weighted by molar-refractivity contribution is 0.0909. The van der Waals surface area contributed by atoms with Gasteiger partial charge in [-0.1, -0.05) is 33.3 Å². The summed E-state index contributed by atoms with van der Waals surface area (Å²) in [6.07, 6.45) is 5.07. The van der Waals surface area contributed by atoms with Gasteiger partial charge in [0.1, 0.15) is 0 Å². The van der Waals surface area contributed by atoms with Crippen molar-refractivity contribution in [1.29, 1.82) is 0 Å². The molecular formula is C26H33N5O2. The van der Waals surface area contributed by atoms with Gasteiger partial charge in [0.2, 0.25) is 0 Å². The SMILES string of the molecule is CC(C)(C)c1ccc(=O)n(CCN2CCCCC2CNC(=O)c2ccc3ncccc3c2)n1. The summed E-state index contributed by atoms with van der Waals surface area (Å²) >= 11 is 0. The zero-order valence-corrected chi connectivity index (χ0v) is 19.8. The predicted octanol–water partition coefficient (Wildman–Crippen LogP) is 3.37. The van der Waals surface area contributed by atoms with E-state index in [0.717, 1.165) is 48.9 Å². The minimum atomic E-state index is -0.105. The van der Waals surface area contributed by atoms with Crippen LogP contribution >= 0.6 is 0 Å². The third kappa shape index (κ3) is 5.66. The van der Waals surface area contributed by atoms with E-state index in [1.165, 1.54) is 0 Å². The van der Waals surface area contributed by atoms with Crippen molar-refractivity contribution in [2.24, 2.45) is 0 Å². The lowest BCUT2D eigenvalue weighted by atomic mass is 9.92. The fourth-order valence-corrected chi connectivity index (χ4v) is 4.35. The molecule has 1 aliphatic rings. The molecule has 1 unspecified atom stereocenters. The monoisotopic (exact) mass is 447 g/mol. The molecule has 1 atom stereocenters. The van der Waals surface area contributed by atoms with Crippen LogP contribution in [0.15, 0.2) is 53.5 Å². The van der Waals surface area contributed by atoms with E-state index in [4.69, 9.17) is 0 Å². The van der Waals surface area contributed by atoms with Gasteiger partial charge >= 0.3 is 0 Å². The molecule has 3 heterocycles. The Morgan fingerprint density at radius 2 is 1.97 bits per heavy atom. The molecule has 2 aromatic heterocycles. The highest BCUT2D eigenvalue weighted by molar-refractivity contribution is 5.97. The van der Waals surface area contributed by atoms with Gasteiger partial charge in [-0.3, -0.25) is 19.5 Å². The number of hydrogen-bond acceptors (Lipinski definition) is 5. The Hall–Kier alpha value is -3.06. The first-order valence-electron chi connectivity index (χ1n) is 11.8. The Morgan fingerprint density at radius 1 is 1.12 bits per heavy atom. The lowest BCUT2D eigenvalue weighted by Crippen LogP contribution is -2.48. The number of fused-ring (bicyclic) bond motifs is 1. The molecular weight excluding hydrogens is 414 g/mol. The molecule has 4 rings (SSSR count). The van der Waals surface area contributed by atoms with Gasteiger partial charge in [-0.25, -0.2) is 4.68 Å². The largest absolute Gasteiger partial charge is 0.350 e. The summed E-state index contributed by atoms with van der Waals surface area (Å²) < 4.78 is 1.58. The second-order valence-corrected chi connectivity index (χ2v) is 9.84. The summed E-state index contributed by atoms with van der Waals surface area (Å²) in [5, 5.41) is 8.67. The normalized spacial score (nSPS) is 17.2. The van der Waals surface area contributed by atoms with E-state index in [9.17, 15) is 9.59 Å². The van der Waals surface area contributed by atoms with Gasteiger partial charge in [-0.15, -0.1) is 0 Å². The third-order valence-corrected chi connectivity index (χ3v) is 6.35. The molecule has 1 N–H and O–H groups in total. The number of nitrogens with zero attached hydrogens (tertiary/aromatic N) is 4. The molecule has 1 aliphatic heterocycles. The minimum Gasteiger partial charge on any atom is -0.350 e. The van der Waals surface area contributed by atoms with E-state index in [2.05, 4.69) is 41.1 Å². The lowest BCUT2D eigenvalue weighted by Gasteiger charge is -2.35. The van der Waals surface area contributed by atoms with E-state index < -0.39 is 0 Å². The zero-order chi connectivity index (χ0) is 23.4. The fourth-order valence-electron chi connectivity index (χ4n) is 4.35. The highest BCUT2D eigenvalue weighted by atomic mass is 16.1. The standard InChI is InChI=1S/C26H33N5O2/c1-26(2,3)23-11-12-24(32)31(29-23)16-15-30-14-5-4-8-21(30)18-28-25(33)20-9-10-22-19(17-20)7-6-13-27-22/h6-7,9-13,17,21H,4-5,8,14-16,18H2,1-3H3,(H,28,33). The van der Waals surface area contributed by atoms with Gasteiger partial charge < -0.3 is 5.32 Å². The predicted molar refractivity (Wildman–Crippen MR) is 130 cm³/mol. The van der Waals surface area contributed by atoms with Crippen LogP contribution in [0.5, 0.6) is 0 Å². The molecule has 0 saturated carbocycles. The molecule has 7 heteroatoms. The van der Waals surface area contributed by atoms with Crippen molar-refractivity contribution in [3.63, 3.8) is 0 Å². The van der Waals surface area contributed by atoms with E-state index in [1.54, 1.807) is 16.9 Å². The first-order valence-corrected chi connectivity index (χ1v) is 11.8. The van der Waals surface area contributed by atoms with E-state index in [-0.39, 0.29) is 22.9 Å². The summed E-state index contributed by atoms with van der Waals surface area (Å²) in [6, 6.07) is 13.1. The molecule has 33 heavy (non-hydrogen) atoms. The third-order valence-electron chi connectivity index (χ3n) is 6.35.